The molecule has 2 amide bonds. The summed E-state index contributed by atoms with van der Waals surface area (Å²) in [6.45, 7) is 1.85. The molecule has 0 spiro atoms. The SMILES string of the molecule is CC1(C(=O)O)CN(C(=O)CC(O)CNC(=O)OCC2c3ccccc3-c3ccccc32)C1. The number of hydrogen-bond acceptors (Lipinski definition) is 5. The molecule has 4 rings (SSSR count). The number of hydrogen-bond donors (Lipinski definition) is 3. The third kappa shape index (κ3) is 4.18. The van der Waals surface area contributed by atoms with Crippen molar-refractivity contribution in [2.75, 3.05) is 26.2 Å². The summed E-state index contributed by atoms with van der Waals surface area (Å²) < 4.78 is 5.41. The zero-order valence-corrected chi connectivity index (χ0v) is 17.8. The third-order valence-corrected chi connectivity index (χ3v) is 6.18. The van der Waals surface area contributed by atoms with Gasteiger partial charge in [0, 0.05) is 25.6 Å². The number of aliphatic hydroxyl groups excluding tert-OH is 1. The van der Waals surface area contributed by atoms with E-state index in [1.54, 1.807) is 6.92 Å². The van der Waals surface area contributed by atoms with Gasteiger partial charge in [0.2, 0.25) is 5.91 Å². The molecule has 2 aromatic carbocycles. The molecule has 1 aliphatic heterocycles. The van der Waals surface area contributed by atoms with Crippen molar-refractivity contribution in [2.24, 2.45) is 5.41 Å². The molecule has 0 radical (unpaired) electrons. The lowest BCUT2D eigenvalue weighted by molar-refractivity contribution is -0.164. The molecule has 1 heterocycles. The fraction of sp³-hybridized carbons (Fsp3) is 0.375. The van der Waals surface area contributed by atoms with Crippen LogP contribution in [-0.2, 0) is 14.3 Å². The molecule has 1 fully saturated rings. The summed E-state index contributed by atoms with van der Waals surface area (Å²) in [6.07, 6.45) is -1.94. The molecule has 3 N–H and O–H groups in total. The minimum Gasteiger partial charge on any atom is -0.481 e. The second-order valence-electron chi connectivity index (χ2n) is 8.68. The van der Waals surface area contributed by atoms with Gasteiger partial charge >= 0.3 is 12.1 Å². The Morgan fingerprint density at radius 3 is 2.22 bits per heavy atom. The Morgan fingerprint density at radius 2 is 1.66 bits per heavy atom. The Labute approximate surface area is 185 Å². The molecule has 0 saturated carbocycles. The third-order valence-electron chi connectivity index (χ3n) is 6.18. The molecule has 2 aromatic rings. The highest BCUT2D eigenvalue weighted by Gasteiger charge is 2.47. The summed E-state index contributed by atoms with van der Waals surface area (Å²) in [5.74, 6) is -1.35. The van der Waals surface area contributed by atoms with Gasteiger partial charge in [-0.15, -0.1) is 0 Å². The Bertz CT molecular complexity index is 1000. The number of fused-ring (bicyclic) bond motifs is 3. The largest absolute Gasteiger partial charge is 0.481 e. The van der Waals surface area contributed by atoms with Crippen LogP contribution in [0.4, 0.5) is 4.79 Å². The van der Waals surface area contributed by atoms with E-state index >= 15 is 0 Å². The van der Waals surface area contributed by atoms with E-state index < -0.39 is 23.6 Å². The van der Waals surface area contributed by atoms with Crippen molar-refractivity contribution in [2.45, 2.75) is 25.4 Å². The van der Waals surface area contributed by atoms with E-state index in [4.69, 9.17) is 9.84 Å². The Hall–Kier alpha value is -3.39. The number of carbonyl (C=O) groups excluding carboxylic acids is 2. The summed E-state index contributed by atoms with van der Waals surface area (Å²) in [7, 11) is 0. The first-order valence-electron chi connectivity index (χ1n) is 10.6. The molecule has 2 aliphatic rings. The molecule has 1 atom stereocenters. The fourth-order valence-electron chi connectivity index (χ4n) is 4.36. The summed E-state index contributed by atoms with van der Waals surface area (Å²) >= 11 is 0. The van der Waals surface area contributed by atoms with Crippen molar-refractivity contribution in [3.05, 3.63) is 59.7 Å². The first kappa shape index (κ1) is 21.8. The van der Waals surface area contributed by atoms with E-state index in [0.29, 0.717) is 0 Å². The van der Waals surface area contributed by atoms with Gasteiger partial charge in [0.25, 0.3) is 0 Å². The lowest BCUT2D eigenvalue weighted by atomic mass is 9.82. The highest BCUT2D eigenvalue weighted by atomic mass is 16.5. The van der Waals surface area contributed by atoms with Crippen LogP contribution in [0, 0.1) is 5.41 Å². The van der Waals surface area contributed by atoms with E-state index in [2.05, 4.69) is 17.4 Å². The molecule has 168 valence electrons. The number of amides is 2. The van der Waals surface area contributed by atoms with Crippen molar-refractivity contribution in [1.29, 1.82) is 0 Å². The molecule has 0 aromatic heterocycles. The molecule has 1 unspecified atom stereocenters. The predicted molar refractivity (Wildman–Crippen MR) is 116 cm³/mol. The van der Waals surface area contributed by atoms with E-state index in [-0.39, 0.29) is 44.5 Å². The van der Waals surface area contributed by atoms with E-state index in [9.17, 15) is 19.5 Å². The molecule has 8 heteroatoms. The van der Waals surface area contributed by atoms with Crippen LogP contribution < -0.4 is 5.32 Å². The number of likely N-dealkylation sites (tertiary alicyclic amines) is 1. The van der Waals surface area contributed by atoms with Crippen LogP contribution in [-0.4, -0.2) is 65.4 Å². The number of carboxylic acids is 1. The second-order valence-corrected chi connectivity index (χ2v) is 8.68. The molecule has 1 aliphatic carbocycles. The predicted octanol–water partition coefficient (Wildman–Crippen LogP) is 2.21. The number of carboxylic acid groups (broad SMARTS) is 1. The number of ether oxygens (including phenoxy) is 1. The quantitative estimate of drug-likeness (QED) is 0.610. The van der Waals surface area contributed by atoms with E-state index in [0.717, 1.165) is 22.3 Å². The number of rotatable bonds is 7. The highest BCUT2D eigenvalue weighted by molar-refractivity contribution is 5.83. The standard InChI is InChI=1S/C24H26N2O6/c1-24(22(29)30)13-26(14-24)21(28)10-15(27)11-25-23(31)32-12-20-18-8-4-2-6-16(18)17-7-3-5-9-19(17)20/h2-9,15,20,27H,10-14H2,1H3,(H,25,31)(H,29,30). The van der Waals surface area contributed by atoms with Crippen LogP contribution in [0.15, 0.2) is 48.5 Å². The molecule has 0 bridgehead atoms. The number of aliphatic hydroxyl groups is 1. The van der Waals surface area contributed by atoms with Crippen molar-refractivity contribution in [3.8, 4) is 11.1 Å². The fourth-order valence-corrected chi connectivity index (χ4v) is 4.36. The minimum absolute atomic E-state index is 0.0605. The normalized spacial score (nSPS) is 17.0. The number of alkyl carbamates (subject to hydrolysis) is 1. The molecule has 32 heavy (non-hydrogen) atoms. The Morgan fingerprint density at radius 1 is 1.09 bits per heavy atom. The number of nitrogens with one attached hydrogen (secondary N) is 1. The van der Waals surface area contributed by atoms with Gasteiger partial charge in [0.05, 0.1) is 17.9 Å². The van der Waals surface area contributed by atoms with Crippen molar-refractivity contribution in [1.82, 2.24) is 10.2 Å². The van der Waals surface area contributed by atoms with Gasteiger partial charge in [-0.1, -0.05) is 48.5 Å². The average Bonchev–Trinajstić information content (AvgIpc) is 3.07. The maximum Gasteiger partial charge on any atom is 0.407 e. The summed E-state index contributed by atoms with van der Waals surface area (Å²) in [4.78, 5) is 36.8. The van der Waals surface area contributed by atoms with E-state index in [1.807, 2.05) is 36.4 Å². The maximum atomic E-state index is 12.2. The van der Waals surface area contributed by atoms with Crippen molar-refractivity contribution < 1.29 is 29.3 Å². The Kier molecular flexibility index (Phi) is 5.88. The molecule has 8 nitrogen and oxygen atoms in total. The molecular weight excluding hydrogens is 412 g/mol. The lowest BCUT2D eigenvalue weighted by Crippen LogP contribution is -2.61. The van der Waals surface area contributed by atoms with Gasteiger partial charge in [-0.3, -0.25) is 9.59 Å². The molecule has 1 saturated heterocycles. The maximum absolute atomic E-state index is 12.2. The van der Waals surface area contributed by atoms with Gasteiger partial charge < -0.3 is 25.2 Å². The highest BCUT2D eigenvalue weighted by Crippen LogP contribution is 2.44. The summed E-state index contributed by atoms with van der Waals surface area (Å²) in [6, 6.07) is 16.1. The van der Waals surface area contributed by atoms with Crippen molar-refractivity contribution >= 4 is 18.0 Å². The van der Waals surface area contributed by atoms with Crippen LogP contribution >= 0.6 is 0 Å². The first-order chi connectivity index (χ1) is 15.3. The van der Waals surface area contributed by atoms with Crippen LogP contribution in [0.2, 0.25) is 0 Å². The number of aliphatic carboxylic acids is 1. The summed E-state index contributed by atoms with van der Waals surface area (Å²) in [5, 5.41) is 21.7. The van der Waals surface area contributed by atoms with E-state index in [1.165, 1.54) is 4.90 Å². The van der Waals surface area contributed by atoms with Gasteiger partial charge in [0.15, 0.2) is 0 Å². The monoisotopic (exact) mass is 438 g/mol. The minimum atomic E-state index is -1.08. The van der Waals surface area contributed by atoms with Gasteiger partial charge in [0.1, 0.15) is 6.61 Å². The number of benzene rings is 2. The zero-order valence-electron chi connectivity index (χ0n) is 17.8. The van der Waals surface area contributed by atoms with Crippen LogP contribution in [0.1, 0.15) is 30.4 Å². The number of nitrogens with zero attached hydrogens (tertiary/aromatic N) is 1. The van der Waals surface area contributed by atoms with Crippen LogP contribution in [0.25, 0.3) is 11.1 Å². The lowest BCUT2D eigenvalue weighted by Gasteiger charge is -2.45. The first-order valence-corrected chi connectivity index (χ1v) is 10.6. The van der Waals surface area contributed by atoms with Gasteiger partial charge in [-0.05, 0) is 29.2 Å². The van der Waals surface area contributed by atoms with Crippen LogP contribution in [0.5, 0.6) is 0 Å². The smallest absolute Gasteiger partial charge is 0.407 e. The average molecular weight is 438 g/mol. The molecular formula is C24H26N2O6. The van der Waals surface area contributed by atoms with Gasteiger partial charge in [-0.25, -0.2) is 4.79 Å². The van der Waals surface area contributed by atoms with Crippen LogP contribution in [0.3, 0.4) is 0 Å². The van der Waals surface area contributed by atoms with Gasteiger partial charge in [-0.2, -0.15) is 0 Å². The van der Waals surface area contributed by atoms with Crippen molar-refractivity contribution in [3.63, 3.8) is 0 Å². The topological polar surface area (TPSA) is 116 Å². The summed E-state index contributed by atoms with van der Waals surface area (Å²) in [5.41, 5.74) is 3.55. The zero-order chi connectivity index (χ0) is 22.9. The number of carbonyl (C=O) groups is 3. The second kappa shape index (κ2) is 8.63. The Balaban J connectivity index is 1.24.